The van der Waals surface area contributed by atoms with Crippen molar-refractivity contribution in [3.05, 3.63) is 60.3 Å². The molecule has 0 atom stereocenters. The Morgan fingerprint density at radius 2 is 2.06 bits per heavy atom. The molecular weight excluding hydrogens is 439 g/mol. The highest BCUT2D eigenvalue weighted by atomic mass is 32.1. The number of hydrogen-bond donors (Lipinski definition) is 0. The van der Waals surface area contributed by atoms with Crippen LogP contribution in [-0.2, 0) is 10.9 Å². The van der Waals surface area contributed by atoms with Crippen LogP contribution in [0.15, 0.2) is 49.0 Å². The lowest BCUT2D eigenvalue weighted by atomic mass is 10.1. The summed E-state index contributed by atoms with van der Waals surface area (Å²) in [6.07, 6.45) is 4.99. The Morgan fingerprint density at radius 3 is 2.62 bits per heavy atom. The van der Waals surface area contributed by atoms with E-state index in [1.807, 2.05) is 0 Å². The first-order valence-corrected chi connectivity index (χ1v) is 9.75. The molecule has 6 nitrogen and oxygen atoms in total. The third kappa shape index (κ3) is 6.10. The van der Waals surface area contributed by atoms with Gasteiger partial charge in [-0.25, -0.2) is 4.98 Å². The normalized spacial score (nSPS) is 14.2. The highest BCUT2D eigenvalue weighted by Gasteiger charge is 2.35. The van der Waals surface area contributed by atoms with Crippen LogP contribution < -0.4 is 4.90 Å². The number of pyridine rings is 1. The van der Waals surface area contributed by atoms with E-state index in [9.17, 15) is 13.2 Å². The van der Waals surface area contributed by atoms with Gasteiger partial charge in [-0.2, -0.15) is 18.4 Å². The van der Waals surface area contributed by atoms with Crippen LogP contribution in [0.2, 0.25) is 0 Å². The molecule has 1 aromatic rings. The van der Waals surface area contributed by atoms with Crippen LogP contribution in [0.5, 0.6) is 0 Å². The van der Waals surface area contributed by atoms with Crippen molar-refractivity contribution in [1.29, 1.82) is 5.26 Å². The summed E-state index contributed by atoms with van der Waals surface area (Å²) in [5, 5.41) is 9.07. The number of halogens is 3. The summed E-state index contributed by atoms with van der Waals surface area (Å²) in [4.78, 5) is 8.53. The van der Waals surface area contributed by atoms with Crippen LogP contribution in [0, 0.1) is 23.7 Å². The van der Waals surface area contributed by atoms with E-state index in [0.717, 1.165) is 25.4 Å². The van der Waals surface area contributed by atoms with Gasteiger partial charge in [-0.05, 0) is 30.4 Å². The second-order valence-corrected chi connectivity index (χ2v) is 7.39. The zero-order chi connectivity index (χ0) is 24.1. The SMILES string of the molecule is C#CCN1CC(OC(=C)/C=C\C(=C)N(C)C(=S)N(C)c2cnc(C#N)c(C(F)(F)F)c2)C1. The Balaban J connectivity index is 2.00. The molecule has 0 bridgehead atoms. The standard InChI is InChI=1S/C22H22F3N5OS/c1-6-9-30-13-18(14-30)31-16(3)8-7-15(2)28(4)21(32)29(5)17-10-19(22(23,24)25)20(11-26)27-12-17/h1,7-8,10,12,18H,2-3,9,13-14H2,4-5H3/b8-7-. The van der Waals surface area contributed by atoms with Gasteiger partial charge < -0.3 is 14.5 Å². The number of anilines is 1. The number of terminal acetylenes is 1. The van der Waals surface area contributed by atoms with Gasteiger partial charge in [0.25, 0.3) is 0 Å². The van der Waals surface area contributed by atoms with Crippen LogP contribution in [0.3, 0.4) is 0 Å². The molecule has 32 heavy (non-hydrogen) atoms. The average Bonchev–Trinajstić information content (AvgIpc) is 2.73. The van der Waals surface area contributed by atoms with Crippen molar-refractivity contribution in [2.45, 2.75) is 12.3 Å². The van der Waals surface area contributed by atoms with Crippen LogP contribution >= 0.6 is 12.2 Å². The highest BCUT2D eigenvalue weighted by molar-refractivity contribution is 7.80. The topological polar surface area (TPSA) is 55.6 Å². The number of nitriles is 1. The molecule has 1 aromatic heterocycles. The van der Waals surface area contributed by atoms with Crippen molar-refractivity contribution in [2.75, 3.05) is 38.6 Å². The summed E-state index contributed by atoms with van der Waals surface area (Å²) >= 11 is 5.38. The fourth-order valence-electron chi connectivity index (χ4n) is 2.81. The summed E-state index contributed by atoms with van der Waals surface area (Å²) in [7, 11) is 3.13. The van der Waals surface area contributed by atoms with Gasteiger partial charge in [0.15, 0.2) is 10.8 Å². The molecule has 2 rings (SSSR count). The molecule has 168 valence electrons. The number of likely N-dealkylation sites (tertiary alicyclic amines) is 1. The minimum absolute atomic E-state index is 0.0189. The third-order valence-electron chi connectivity index (χ3n) is 4.69. The molecule has 1 fully saturated rings. The number of likely N-dealkylation sites (N-methyl/N-ethyl adjacent to an activating group) is 1. The fourth-order valence-corrected chi connectivity index (χ4v) is 3.03. The zero-order valence-electron chi connectivity index (χ0n) is 17.7. The lowest BCUT2D eigenvalue weighted by molar-refractivity contribution is -0.138. The van der Waals surface area contributed by atoms with E-state index in [1.54, 1.807) is 19.2 Å². The van der Waals surface area contributed by atoms with Crippen molar-refractivity contribution in [2.24, 2.45) is 0 Å². The van der Waals surface area contributed by atoms with Crippen LogP contribution in [0.4, 0.5) is 18.9 Å². The van der Waals surface area contributed by atoms with Gasteiger partial charge in [-0.1, -0.05) is 19.1 Å². The second-order valence-electron chi connectivity index (χ2n) is 7.03. The van der Waals surface area contributed by atoms with Crippen molar-refractivity contribution < 1.29 is 17.9 Å². The molecule has 0 radical (unpaired) electrons. The number of aromatic nitrogens is 1. The van der Waals surface area contributed by atoms with E-state index in [0.29, 0.717) is 18.0 Å². The van der Waals surface area contributed by atoms with Gasteiger partial charge >= 0.3 is 6.18 Å². The minimum atomic E-state index is -4.71. The van der Waals surface area contributed by atoms with Gasteiger partial charge in [0, 0.05) is 32.9 Å². The summed E-state index contributed by atoms with van der Waals surface area (Å²) in [6.45, 7) is 9.79. The maximum absolute atomic E-state index is 13.2. The Morgan fingerprint density at radius 1 is 1.41 bits per heavy atom. The first-order chi connectivity index (χ1) is 15.0. The number of thiocarbonyl (C=S) groups is 1. The zero-order valence-corrected chi connectivity index (χ0v) is 18.5. The van der Waals surface area contributed by atoms with Crippen LogP contribution in [0.1, 0.15) is 11.3 Å². The van der Waals surface area contributed by atoms with E-state index >= 15 is 0 Å². The average molecular weight is 462 g/mol. The van der Waals surface area contributed by atoms with E-state index < -0.39 is 17.4 Å². The summed E-state index contributed by atoms with van der Waals surface area (Å²) in [5.74, 6) is 3.01. The van der Waals surface area contributed by atoms with Crippen LogP contribution in [0.25, 0.3) is 0 Å². The maximum atomic E-state index is 13.2. The quantitative estimate of drug-likeness (QED) is 0.266. The summed E-state index contributed by atoms with van der Waals surface area (Å²) < 4.78 is 45.3. The first kappa shape index (κ1) is 24.9. The second kappa shape index (κ2) is 10.3. The molecule has 0 spiro atoms. The molecule has 0 amide bonds. The van der Waals surface area contributed by atoms with E-state index in [-0.39, 0.29) is 16.9 Å². The molecule has 0 aliphatic carbocycles. The molecular formula is C22H22F3N5OS. The Hall–Kier alpha value is -3.34. The number of rotatable bonds is 7. The van der Waals surface area contributed by atoms with Crippen molar-refractivity contribution in [3.63, 3.8) is 0 Å². The van der Waals surface area contributed by atoms with Gasteiger partial charge in [0.05, 0.1) is 24.0 Å². The molecule has 2 heterocycles. The van der Waals surface area contributed by atoms with Gasteiger partial charge in [0.1, 0.15) is 17.9 Å². The molecule has 0 unspecified atom stereocenters. The predicted octanol–water partition coefficient (Wildman–Crippen LogP) is 3.54. The fraction of sp³-hybridized carbons (Fsp3) is 0.318. The first-order valence-electron chi connectivity index (χ1n) is 9.35. The minimum Gasteiger partial charge on any atom is -0.488 e. The molecule has 1 aliphatic rings. The van der Waals surface area contributed by atoms with Gasteiger partial charge in [-0.3, -0.25) is 4.90 Å². The Bertz CT molecular complexity index is 1020. The summed E-state index contributed by atoms with van der Waals surface area (Å²) in [5.41, 5.74) is -1.28. The number of alkyl halides is 3. The number of allylic oxidation sites excluding steroid dienone is 2. The lowest BCUT2D eigenvalue weighted by Crippen LogP contribution is -2.51. The molecule has 10 heteroatoms. The predicted molar refractivity (Wildman–Crippen MR) is 120 cm³/mol. The number of ether oxygens (including phenoxy) is 1. The number of hydrogen-bond acceptors (Lipinski definition) is 5. The molecule has 0 aromatic carbocycles. The lowest BCUT2D eigenvalue weighted by Gasteiger charge is -2.37. The third-order valence-corrected chi connectivity index (χ3v) is 5.24. The van der Waals surface area contributed by atoms with Crippen molar-refractivity contribution in [1.82, 2.24) is 14.8 Å². The van der Waals surface area contributed by atoms with Crippen molar-refractivity contribution in [3.8, 4) is 18.4 Å². The largest absolute Gasteiger partial charge is 0.488 e. The van der Waals surface area contributed by atoms with E-state index in [1.165, 1.54) is 22.9 Å². The van der Waals surface area contributed by atoms with E-state index in [2.05, 4.69) is 29.0 Å². The van der Waals surface area contributed by atoms with Gasteiger partial charge in [-0.15, -0.1) is 6.42 Å². The smallest absolute Gasteiger partial charge is 0.419 e. The molecule has 0 saturated carbocycles. The number of nitrogens with zero attached hydrogens (tertiary/aromatic N) is 5. The molecule has 1 saturated heterocycles. The molecule has 0 N–H and O–H groups in total. The van der Waals surface area contributed by atoms with Crippen molar-refractivity contribution >= 4 is 23.0 Å². The van der Waals surface area contributed by atoms with Crippen LogP contribution in [-0.4, -0.2) is 59.7 Å². The Labute approximate surface area is 190 Å². The molecule has 1 aliphatic heterocycles. The maximum Gasteiger partial charge on any atom is 0.419 e. The van der Waals surface area contributed by atoms with E-state index in [4.69, 9.17) is 28.6 Å². The monoisotopic (exact) mass is 461 g/mol. The highest BCUT2D eigenvalue weighted by Crippen LogP contribution is 2.33. The Kier molecular flexibility index (Phi) is 8.03. The van der Waals surface area contributed by atoms with Gasteiger partial charge in [0.2, 0.25) is 0 Å². The summed E-state index contributed by atoms with van der Waals surface area (Å²) in [6, 6.07) is 2.28.